The van der Waals surface area contributed by atoms with Gasteiger partial charge < -0.3 is 14.8 Å². The molecule has 9 nitrogen and oxygen atoms in total. The number of ether oxygens (including phenoxy) is 2. The van der Waals surface area contributed by atoms with Crippen LogP contribution in [0.3, 0.4) is 0 Å². The number of aromatic nitrogens is 6. The SMILES string of the molecule is Cc1nn2c3nc(ncc13)Nc1c(nn([C@@H]3CCCOCC3)c1C)OCCC2. The van der Waals surface area contributed by atoms with Gasteiger partial charge in [-0.2, -0.15) is 10.1 Å². The van der Waals surface area contributed by atoms with Gasteiger partial charge in [0.25, 0.3) is 5.88 Å². The number of nitrogens with one attached hydrogen (secondary N) is 1. The van der Waals surface area contributed by atoms with E-state index in [4.69, 9.17) is 19.6 Å². The van der Waals surface area contributed by atoms with Crippen LogP contribution in [0.4, 0.5) is 11.6 Å². The Kier molecular flexibility index (Phi) is 4.38. The highest BCUT2D eigenvalue weighted by molar-refractivity contribution is 5.79. The molecule has 2 aliphatic heterocycles. The monoisotopic (exact) mass is 383 g/mol. The predicted molar refractivity (Wildman–Crippen MR) is 104 cm³/mol. The van der Waals surface area contributed by atoms with E-state index in [0.717, 1.165) is 73.6 Å². The summed E-state index contributed by atoms with van der Waals surface area (Å²) in [7, 11) is 0. The van der Waals surface area contributed by atoms with E-state index in [1.165, 1.54) is 0 Å². The first-order chi connectivity index (χ1) is 13.7. The molecule has 9 heteroatoms. The van der Waals surface area contributed by atoms with Gasteiger partial charge in [-0.05, 0) is 33.1 Å². The van der Waals surface area contributed by atoms with Gasteiger partial charge in [-0.1, -0.05) is 0 Å². The molecule has 5 heterocycles. The average molecular weight is 383 g/mol. The van der Waals surface area contributed by atoms with Crippen LogP contribution in [0.25, 0.3) is 11.0 Å². The molecule has 0 saturated carbocycles. The largest absolute Gasteiger partial charge is 0.475 e. The van der Waals surface area contributed by atoms with Gasteiger partial charge in [0.2, 0.25) is 5.95 Å². The minimum absolute atomic E-state index is 0.320. The Balaban J connectivity index is 1.56. The number of hydrogen-bond donors (Lipinski definition) is 1. The summed E-state index contributed by atoms with van der Waals surface area (Å²) in [5.41, 5.74) is 3.67. The molecule has 148 valence electrons. The molecule has 5 rings (SSSR count). The van der Waals surface area contributed by atoms with E-state index < -0.39 is 0 Å². The molecular formula is C19H25N7O2. The van der Waals surface area contributed by atoms with E-state index in [1.54, 1.807) is 0 Å². The van der Waals surface area contributed by atoms with Gasteiger partial charge in [-0.25, -0.2) is 9.67 Å². The van der Waals surface area contributed by atoms with Crippen molar-refractivity contribution in [3.05, 3.63) is 17.6 Å². The van der Waals surface area contributed by atoms with E-state index in [1.807, 2.05) is 17.8 Å². The Hall–Kier alpha value is -2.68. The van der Waals surface area contributed by atoms with Crippen molar-refractivity contribution in [1.82, 2.24) is 29.5 Å². The molecule has 1 saturated heterocycles. The summed E-state index contributed by atoms with van der Waals surface area (Å²) in [6.45, 7) is 6.97. The van der Waals surface area contributed by atoms with Crippen molar-refractivity contribution in [2.75, 3.05) is 25.1 Å². The third-order valence-electron chi connectivity index (χ3n) is 5.55. The number of rotatable bonds is 1. The lowest BCUT2D eigenvalue weighted by molar-refractivity contribution is 0.141. The standard InChI is InChI=1S/C19H25N7O2/c1-12-15-11-20-19-21-16-13(2)26(14-5-3-8-27-10-6-14)24-18(16)28-9-4-7-25(23-12)17(15)22-19/h11,14H,3-10H2,1-2H3,(H,20,21,22)/t14-/m1/s1. The molecule has 1 N–H and O–H groups in total. The molecule has 0 unspecified atom stereocenters. The van der Waals surface area contributed by atoms with Gasteiger partial charge in [-0.15, -0.1) is 5.10 Å². The molecule has 0 aromatic carbocycles. The van der Waals surface area contributed by atoms with Crippen LogP contribution in [0.2, 0.25) is 0 Å². The average Bonchev–Trinajstić information content (AvgIpc) is 3.01. The quantitative estimate of drug-likeness (QED) is 0.691. The minimum Gasteiger partial charge on any atom is -0.475 e. The summed E-state index contributed by atoms with van der Waals surface area (Å²) in [4.78, 5) is 9.22. The van der Waals surface area contributed by atoms with E-state index in [9.17, 15) is 0 Å². The lowest BCUT2D eigenvalue weighted by Gasteiger charge is -2.16. The van der Waals surface area contributed by atoms with E-state index in [-0.39, 0.29) is 0 Å². The molecule has 0 spiro atoms. The number of hydrogen-bond acceptors (Lipinski definition) is 7. The summed E-state index contributed by atoms with van der Waals surface area (Å²) < 4.78 is 15.7. The second-order valence-corrected chi connectivity index (χ2v) is 7.47. The topological polar surface area (TPSA) is 91.9 Å². The van der Waals surface area contributed by atoms with E-state index in [0.29, 0.717) is 24.5 Å². The van der Waals surface area contributed by atoms with Gasteiger partial charge in [0.1, 0.15) is 5.69 Å². The van der Waals surface area contributed by atoms with E-state index in [2.05, 4.69) is 27.0 Å². The van der Waals surface area contributed by atoms with Gasteiger partial charge in [0, 0.05) is 32.4 Å². The molecule has 0 amide bonds. The van der Waals surface area contributed by atoms with Crippen LogP contribution in [-0.2, 0) is 11.3 Å². The normalized spacial score (nSPS) is 20.1. The van der Waals surface area contributed by atoms with Gasteiger partial charge in [-0.3, -0.25) is 4.68 Å². The Bertz CT molecular complexity index is 1000. The van der Waals surface area contributed by atoms with Crippen LogP contribution in [0.5, 0.6) is 5.88 Å². The summed E-state index contributed by atoms with van der Waals surface area (Å²) in [5.74, 6) is 1.15. The van der Waals surface area contributed by atoms with Gasteiger partial charge >= 0.3 is 0 Å². The van der Waals surface area contributed by atoms with Crippen molar-refractivity contribution in [1.29, 1.82) is 0 Å². The first kappa shape index (κ1) is 17.4. The molecule has 0 radical (unpaired) electrons. The highest BCUT2D eigenvalue weighted by Crippen LogP contribution is 2.34. The maximum Gasteiger partial charge on any atom is 0.257 e. The Morgan fingerprint density at radius 1 is 1.11 bits per heavy atom. The fourth-order valence-electron chi connectivity index (χ4n) is 4.04. The summed E-state index contributed by atoms with van der Waals surface area (Å²) in [6, 6.07) is 0.320. The zero-order valence-electron chi connectivity index (χ0n) is 16.3. The number of aryl methyl sites for hydroxylation is 2. The molecule has 0 aliphatic carbocycles. The third-order valence-corrected chi connectivity index (χ3v) is 5.55. The molecule has 1 atom stereocenters. The van der Waals surface area contributed by atoms with E-state index >= 15 is 0 Å². The minimum atomic E-state index is 0.320. The van der Waals surface area contributed by atoms with Crippen LogP contribution in [-0.4, -0.2) is 49.3 Å². The van der Waals surface area contributed by atoms with Crippen molar-refractivity contribution in [2.24, 2.45) is 0 Å². The third kappa shape index (κ3) is 2.99. The first-order valence-electron chi connectivity index (χ1n) is 9.97. The number of nitrogens with zero attached hydrogens (tertiary/aromatic N) is 6. The van der Waals surface area contributed by atoms with Crippen LogP contribution in [0.1, 0.15) is 43.1 Å². The molecule has 1 fully saturated rings. The second-order valence-electron chi connectivity index (χ2n) is 7.47. The van der Waals surface area contributed by atoms with Crippen molar-refractivity contribution < 1.29 is 9.47 Å². The molecule has 3 aromatic rings. The number of fused-ring (bicyclic) bond motifs is 2. The Morgan fingerprint density at radius 3 is 2.96 bits per heavy atom. The maximum absolute atomic E-state index is 6.06. The molecular weight excluding hydrogens is 358 g/mol. The first-order valence-corrected chi connectivity index (χ1v) is 9.97. The van der Waals surface area contributed by atoms with Crippen LogP contribution in [0, 0.1) is 13.8 Å². The van der Waals surface area contributed by atoms with Crippen LogP contribution < -0.4 is 10.1 Å². The highest BCUT2D eigenvalue weighted by atomic mass is 16.5. The van der Waals surface area contributed by atoms with Crippen LogP contribution >= 0.6 is 0 Å². The van der Waals surface area contributed by atoms with Crippen molar-refractivity contribution in [3.8, 4) is 5.88 Å². The van der Waals surface area contributed by atoms with Crippen LogP contribution in [0.15, 0.2) is 6.20 Å². The molecule has 2 aliphatic rings. The molecule has 2 bridgehead atoms. The fourth-order valence-corrected chi connectivity index (χ4v) is 4.04. The maximum atomic E-state index is 6.06. The zero-order chi connectivity index (χ0) is 19.1. The number of anilines is 2. The van der Waals surface area contributed by atoms with Gasteiger partial charge in [0.05, 0.1) is 29.4 Å². The van der Waals surface area contributed by atoms with Crippen molar-refractivity contribution >= 4 is 22.7 Å². The summed E-state index contributed by atoms with van der Waals surface area (Å²) >= 11 is 0. The lowest BCUT2D eigenvalue weighted by atomic mass is 10.1. The Morgan fingerprint density at radius 2 is 2.04 bits per heavy atom. The summed E-state index contributed by atoms with van der Waals surface area (Å²) in [6.07, 6.45) is 5.74. The highest BCUT2D eigenvalue weighted by Gasteiger charge is 2.24. The Labute approximate surface area is 163 Å². The fraction of sp³-hybridized carbons (Fsp3) is 0.579. The van der Waals surface area contributed by atoms with Crippen molar-refractivity contribution in [2.45, 2.75) is 52.1 Å². The van der Waals surface area contributed by atoms with Gasteiger partial charge in [0.15, 0.2) is 5.65 Å². The smallest absolute Gasteiger partial charge is 0.257 e. The predicted octanol–water partition coefficient (Wildman–Crippen LogP) is 2.91. The summed E-state index contributed by atoms with van der Waals surface area (Å²) in [5, 5.41) is 13.7. The lowest BCUT2D eigenvalue weighted by Crippen LogP contribution is -2.13. The van der Waals surface area contributed by atoms with Crippen molar-refractivity contribution in [3.63, 3.8) is 0 Å². The molecule has 28 heavy (non-hydrogen) atoms. The zero-order valence-corrected chi connectivity index (χ0v) is 16.3. The molecule has 3 aromatic heterocycles. The second kappa shape index (κ2) is 7.05.